The van der Waals surface area contributed by atoms with Crippen molar-refractivity contribution in [3.05, 3.63) is 0 Å². The molecule has 7 nitrogen and oxygen atoms in total. The van der Waals surface area contributed by atoms with Gasteiger partial charge in [0.25, 0.3) is 0 Å². The van der Waals surface area contributed by atoms with Crippen molar-refractivity contribution in [3.8, 4) is 0 Å². The highest BCUT2D eigenvalue weighted by molar-refractivity contribution is 5.81. The van der Waals surface area contributed by atoms with Crippen LogP contribution in [0.25, 0.3) is 0 Å². The maximum Gasteiger partial charge on any atom is 0.246 e. The first-order valence-electron chi connectivity index (χ1n) is 6.92. The molecule has 0 unspecified atom stereocenters. The van der Waals surface area contributed by atoms with Crippen molar-refractivity contribution >= 4 is 11.7 Å². The molecular weight excluding hydrogens is 260 g/mol. The quantitative estimate of drug-likeness (QED) is 0.289. The summed E-state index contributed by atoms with van der Waals surface area (Å²) in [7, 11) is 0. The standard InChI is InChI=1S/C13H26N4O3/c1-13(2,3)20-9-12(18)15-10-4-6-17(7-5-10)8-11(14)16-19/h10,19H,4-9H2,1-3H3,(H2,14,16)(H,15,18). The molecule has 1 fully saturated rings. The third-order valence-corrected chi connectivity index (χ3v) is 3.10. The molecule has 20 heavy (non-hydrogen) atoms. The second kappa shape index (κ2) is 7.44. The van der Waals surface area contributed by atoms with E-state index < -0.39 is 0 Å². The van der Waals surface area contributed by atoms with Crippen molar-refractivity contribution in [3.63, 3.8) is 0 Å². The number of amides is 1. The molecule has 0 saturated carbocycles. The van der Waals surface area contributed by atoms with E-state index in [0.29, 0.717) is 6.54 Å². The van der Waals surface area contributed by atoms with Crippen LogP contribution in [0.5, 0.6) is 0 Å². The molecule has 1 amide bonds. The Labute approximate surface area is 120 Å². The highest BCUT2D eigenvalue weighted by atomic mass is 16.5. The molecule has 0 aromatic rings. The van der Waals surface area contributed by atoms with Crippen LogP contribution >= 0.6 is 0 Å². The third-order valence-electron chi connectivity index (χ3n) is 3.10. The molecule has 1 saturated heterocycles. The van der Waals surface area contributed by atoms with Crippen LogP contribution < -0.4 is 11.1 Å². The first-order valence-corrected chi connectivity index (χ1v) is 6.92. The molecule has 1 aliphatic rings. The lowest BCUT2D eigenvalue weighted by molar-refractivity contribution is -0.131. The Morgan fingerprint density at radius 3 is 2.55 bits per heavy atom. The summed E-state index contributed by atoms with van der Waals surface area (Å²) in [6, 6.07) is 0.176. The van der Waals surface area contributed by atoms with E-state index in [9.17, 15) is 4.79 Å². The van der Waals surface area contributed by atoms with Gasteiger partial charge < -0.3 is 21.0 Å². The Bertz CT molecular complexity index is 344. The predicted octanol–water partition coefficient (Wildman–Crippen LogP) is 0.129. The molecule has 1 heterocycles. The molecule has 0 spiro atoms. The second-order valence-corrected chi connectivity index (χ2v) is 6.11. The zero-order valence-corrected chi connectivity index (χ0v) is 12.6. The molecule has 0 aliphatic carbocycles. The molecule has 0 radical (unpaired) electrons. The zero-order chi connectivity index (χ0) is 15.2. The molecule has 1 rings (SSSR count). The molecule has 0 atom stereocenters. The van der Waals surface area contributed by atoms with Crippen LogP contribution in [0.1, 0.15) is 33.6 Å². The van der Waals surface area contributed by atoms with Crippen molar-refractivity contribution in [1.82, 2.24) is 10.2 Å². The summed E-state index contributed by atoms with van der Waals surface area (Å²) in [5.41, 5.74) is 5.17. The van der Waals surface area contributed by atoms with Gasteiger partial charge in [0.15, 0.2) is 5.84 Å². The van der Waals surface area contributed by atoms with Gasteiger partial charge in [0, 0.05) is 19.1 Å². The number of rotatable bonds is 5. The van der Waals surface area contributed by atoms with Crippen LogP contribution in [-0.2, 0) is 9.53 Å². The Morgan fingerprint density at radius 2 is 2.05 bits per heavy atom. The molecule has 0 aromatic carbocycles. The van der Waals surface area contributed by atoms with Crippen molar-refractivity contribution in [2.24, 2.45) is 10.9 Å². The summed E-state index contributed by atoms with van der Waals surface area (Å²) in [5.74, 6) is 0.140. The first-order chi connectivity index (χ1) is 9.30. The van der Waals surface area contributed by atoms with Crippen molar-refractivity contribution in [2.45, 2.75) is 45.3 Å². The van der Waals surface area contributed by atoms with E-state index in [4.69, 9.17) is 15.7 Å². The van der Waals surface area contributed by atoms with Gasteiger partial charge in [-0.15, -0.1) is 0 Å². The van der Waals surface area contributed by atoms with Gasteiger partial charge in [-0.1, -0.05) is 5.16 Å². The molecule has 1 aliphatic heterocycles. The molecule has 0 bridgehead atoms. The van der Waals surface area contributed by atoms with Crippen LogP contribution in [0.15, 0.2) is 5.16 Å². The number of nitrogens with two attached hydrogens (primary N) is 1. The molecule has 7 heteroatoms. The summed E-state index contributed by atoms with van der Waals surface area (Å²) in [6.07, 6.45) is 1.72. The predicted molar refractivity (Wildman–Crippen MR) is 76.7 cm³/mol. The van der Waals surface area contributed by atoms with E-state index >= 15 is 0 Å². The fourth-order valence-electron chi connectivity index (χ4n) is 2.05. The SMILES string of the molecule is CC(C)(C)OCC(=O)NC1CCN(CC(N)=NO)CC1. The number of piperidine rings is 1. The Hall–Kier alpha value is -1.34. The van der Waals surface area contributed by atoms with Gasteiger partial charge in [0.1, 0.15) is 6.61 Å². The van der Waals surface area contributed by atoms with Crippen LogP contribution in [0, 0.1) is 0 Å². The number of oxime groups is 1. The lowest BCUT2D eigenvalue weighted by atomic mass is 10.1. The summed E-state index contributed by atoms with van der Waals surface area (Å²) < 4.78 is 5.44. The fraction of sp³-hybridized carbons (Fsp3) is 0.846. The van der Waals surface area contributed by atoms with E-state index in [1.165, 1.54) is 0 Å². The van der Waals surface area contributed by atoms with E-state index in [-0.39, 0.29) is 30.0 Å². The van der Waals surface area contributed by atoms with Gasteiger partial charge in [0.05, 0.1) is 12.1 Å². The maximum atomic E-state index is 11.7. The normalized spacial score (nSPS) is 19.1. The topological polar surface area (TPSA) is 100 Å². The van der Waals surface area contributed by atoms with Crippen molar-refractivity contribution in [2.75, 3.05) is 26.2 Å². The first kappa shape index (κ1) is 16.7. The summed E-state index contributed by atoms with van der Waals surface area (Å²) in [5, 5.41) is 14.5. The van der Waals surface area contributed by atoms with Crippen LogP contribution in [0.3, 0.4) is 0 Å². The van der Waals surface area contributed by atoms with E-state index in [1.807, 2.05) is 20.8 Å². The van der Waals surface area contributed by atoms with Crippen molar-refractivity contribution in [1.29, 1.82) is 0 Å². The van der Waals surface area contributed by atoms with E-state index in [0.717, 1.165) is 25.9 Å². The zero-order valence-electron chi connectivity index (χ0n) is 12.6. The average molecular weight is 286 g/mol. The number of carbonyl (C=O) groups excluding carboxylic acids is 1. The summed E-state index contributed by atoms with van der Waals surface area (Å²) in [4.78, 5) is 13.8. The number of nitrogens with one attached hydrogen (secondary N) is 1. The smallest absolute Gasteiger partial charge is 0.246 e. The Morgan fingerprint density at radius 1 is 1.45 bits per heavy atom. The van der Waals surface area contributed by atoms with Crippen molar-refractivity contribution < 1.29 is 14.7 Å². The summed E-state index contributed by atoms with van der Waals surface area (Å²) in [6.45, 7) is 7.96. The minimum absolute atomic E-state index is 0.0743. The second-order valence-electron chi connectivity index (χ2n) is 6.11. The van der Waals surface area contributed by atoms with Gasteiger partial charge >= 0.3 is 0 Å². The van der Waals surface area contributed by atoms with Gasteiger partial charge in [0.2, 0.25) is 5.91 Å². The fourth-order valence-corrected chi connectivity index (χ4v) is 2.05. The van der Waals surface area contributed by atoms with Gasteiger partial charge in [-0.2, -0.15) is 0 Å². The summed E-state index contributed by atoms with van der Waals surface area (Å²) >= 11 is 0. The number of ether oxygens (including phenoxy) is 1. The number of hydrogen-bond acceptors (Lipinski definition) is 5. The molecule has 116 valence electrons. The van der Waals surface area contributed by atoms with E-state index in [2.05, 4.69) is 15.4 Å². The number of amidine groups is 1. The minimum atomic E-state index is -0.304. The average Bonchev–Trinajstić information content (AvgIpc) is 2.38. The maximum absolute atomic E-state index is 11.7. The van der Waals surface area contributed by atoms with Gasteiger partial charge in [-0.25, -0.2) is 0 Å². The highest BCUT2D eigenvalue weighted by Crippen LogP contribution is 2.10. The monoisotopic (exact) mass is 286 g/mol. The van der Waals surface area contributed by atoms with Gasteiger partial charge in [-0.3, -0.25) is 9.69 Å². The van der Waals surface area contributed by atoms with Gasteiger partial charge in [-0.05, 0) is 33.6 Å². The largest absolute Gasteiger partial charge is 0.409 e. The highest BCUT2D eigenvalue weighted by Gasteiger charge is 2.22. The Balaban J connectivity index is 2.23. The number of carbonyl (C=O) groups is 1. The number of nitrogens with zero attached hydrogens (tertiary/aromatic N) is 2. The lowest BCUT2D eigenvalue weighted by Gasteiger charge is -2.32. The van der Waals surface area contributed by atoms with Crippen LogP contribution in [0.2, 0.25) is 0 Å². The minimum Gasteiger partial charge on any atom is -0.409 e. The lowest BCUT2D eigenvalue weighted by Crippen LogP contribution is -2.47. The van der Waals surface area contributed by atoms with Crippen LogP contribution in [-0.4, -0.2) is 59.7 Å². The Kier molecular flexibility index (Phi) is 6.22. The number of hydrogen-bond donors (Lipinski definition) is 3. The number of likely N-dealkylation sites (tertiary alicyclic amines) is 1. The van der Waals surface area contributed by atoms with Crippen LogP contribution in [0.4, 0.5) is 0 Å². The third kappa shape index (κ3) is 6.72. The molecular formula is C13H26N4O3. The molecule has 0 aromatic heterocycles. The molecule has 4 N–H and O–H groups in total. The van der Waals surface area contributed by atoms with E-state index in [1.54, 1.807) is 0 Å².